The third-order valence-corrected chi connectivity index (χ3v) is 6.75. The first kappa shape index (κ1) is 19.4. The zero-order chi connectivity index (χ0) is 19.3. The molecule has 5 nitrogen and oxygen atoms in total. The maximum absolute atomic E-state index is 12.9. The Bertz CT molecular complexity index is 685. The normalized spacial score (nSPS) is 21.9. The van der Waals surface area contributed by atoms with E-state index in [4.69, 9.17) is 0 Å². The zero-order valence-electron chi connectivity index (χ0n) is 16.9. The highest BCUT2D eigenvalue weighted by Crippen LogP contribution is 2.29. The predicted octanol–water partition coefficient (Wildman–Crippen LogP) is 3.65. The van der Waals surface area contributed by atoms with Gasteiger partial charge >= 0.3 is 0 Å². The molecule has 1 aromatic rings. The third-order valence-electron chi connectivity index (χ3n) is 6.75. The molecule has 0 unspecified atom stereocenters. The van der Waals surface area contributed by atoms with Gasteiger partial charge in [-0.3, -0.25) is 14.5 Å². The summed E-state index contributed by atoms with van der Waals surface area (Å²) >= 11 is 0. The van der Waals surface area contributed by atoms with Crippen LogP contribution in [0.4, 0.5) is 5.69 Å². The van der Waals surface area contributed by atoms with Crippen LogP contribution in [0.5, 0.6) is 0 Å². The molecule has 2 heterocycles. The average molecular weight is 384 g/mol. The van der Waals surface area contributed by atoms with Gasteiger partial charge < -0.3 is 10.2 Å². The van der Waals surface area contributed by atoms with Gasteiger partial charge in [0.05, 0.1) is 0 Å². The van der Waals surface area contributed by atoms with Gasteiger partial charge in [-0.05, 0) is 63.2 Å². The van der Waals surface area contributed by atoms with Gasteiger partial charge in [0.25, 0.3) is 0 Å². The lowest BCUT2D eigenvalue weighted by molar-refractivity contribution is -0.138. The van der Waals surface area contributed by atoms with Crippen molar-refractivity contribution in [1.29, 1.82) is 0 Å². The van der Waals surface area contributed by atoms with E-state index in [0.717, 1.165) is 64.1 Å². The van der Waals surface area contributed by atoms with Gasteiger partial charge in [0.15, 0.2) is 0 Å². The summed E-state index contributed by atoms with van der Waals surface area (Å²) in [6, 6.07) is 8.18. The fourth-order valence-corrected chi connectivity index (χ4v) is 4.99. The van der Waals surface area contributed by atoms with Crippen molar-refractivity contribution in [3.8, 4) is 0 Å². The van der Waals surface area contributed by atoms with Crippen LogP contribution in [-0.4, -0.2) is 47.8 Å². The van der Waals surface area contributed by atoms with Crippen molar-refractivity contribution in [3.63, 3.8) is 0 Å². The number of amides is 2. The molecule has 28 heavy (non-hydrogen) atoms. The molecule has 0 atom stereocenters. The number of nitrogens with zero attached hydrogens (tertiary/aromatic N) is 2. The summed E-state index contributed by atoms with van der Waals surface area (Å²) in [5.74, 6) is 0.685. The highest BCUT2D eigenvalue weighted by atomic mass is 16.2. The second-order valence-electron chi connectivity index (χ2n) is 8.71. The minimum absolute atomic E-state index is 0.00692. The van der Waals surface area contributed by atoms with Crippen molar-refractivity contribution >= 4 is 17.5 Å². The van der Waals surface area contributed by atoms with Gasteiger partial charge in [-0.25, -0.2) is 0 Å². The van der Waals surface area contributed by atoms with Crippen LogP contribution in [0.1, 0.15) is 56.9 Å². The molecule has 1 aromatic carbocycles. The first-order valence-electron chi connectivity index (χ1n) is 11.1. The number of anilines is 1. The van der Waals surface area contributed by atoms with E-state index in [9.17, 15) is 9.59 Å². The second kappa shape index (κ2) is 9.08. The molecule has 0 aromatic heterocycles. The Morgan fingerprint density at radius 3 is 2.25 bits per heavy atom. The molecule has 2 amide bonds. The molecule has 152 valence electrons. The number of rotatable bonds is 5. The number of carbonyl (C=O) groups is 2. The van der Waals surface area contributed by atoms with Crippen LogP contribution in [0.15, 0.2) is 24.3 Å². The Labute approximate surface area is 168 Å². The molecule has 2 aliphatic heterocycles. The van der Waals surface area contributed by atoms with Gasteiger partial charge in [0, 0.05) is 37.2 Å². The van der Waals surface area contributed by atoms with Gasteiger partial charge in [-0.1, -0.05) is 31.0 Å². The number of para-hydroxylation sites is 1. The Morgan fingerprint density at radius 2 is 1.54 bits per heavy atom. The molecule has 1 N–H and O–H groups in total. The van der Waals surface area contributed by atoms with Gasteiger partial charge in [0.2, 0.25) is 11.8 Å². The molecular formula is C23H33N3O2. The molecule has 3 aliphatic rings. The largest absolute Gasteiger partial charge is 0.342 e. The van der Waals surface area contributed by atoms with Crippen molar-refractivity contribution in [1.82, 2.24) is 9.80 Å². The SMILES string of the molecule is O=C(Nc1ccccc1CN1CCCC1)C1CCN(C(=O)C2CCCC2)CC1. The molecule has 1 saturated carbocycles. The highest BCUT2D eigenvalue weighted by Gasteiger charge is 2.32. The lowest BCUT2D eigenvalue weighted by atomic mass is 9.94. The van der Waals surface area contributed by atoms with Gasteiger partial charge in [-0.2, -0.15) is 0 Å². The Morgan fingerprint density at radius 1 is 0.857 bits per heavy atom. The van der Waals surface area contributed by atoms with Crippen molar-refractivity contribution in [2.45, 2.75) is 57.9 Å². The maximum Gasteiger partial charge on any atom is 0.227 e. The maximum atomic E-state index is 12.9. The summed E-state index contributed by atoms with van der Waals surface area (Å²) in [7, 11) is 0. The molecule has 2 saturated heterocycles. The molecule has 1 aliphatic carbocycles. The minimum Gasteiger partial charge on any atom is -0.342 e. The molecule has 3 fully saturated rings. The summed E-state index contributed by atoms with van der Waals surface area (Å²) in [5, 5.41) is 3.18. The molecule has 0 radical (unpaired) electrons. The monoisotopic (exact) mass is 383 g/mol. The number of nitrogens with one attached hydrogen (secondary N) is 1. The zero-order valence-corrected chi connectivity index (χ0v) is 16.9. The van der Waals surface area contributed by atoms with E-state index < -0.39 is 0 Å². The molecule has 5 heteroatoms. The first-order chi connectivity index (χ1) is 13.7. The molecule has 0 spiro atoms. The second-order valence-corrected chi connectivity index (χ2v) is 8.71. The van der Waals surface area contributed by atoms with Gasteiger partial charge in [0.1, 0.15) is 0 Å². The van der Waals surface area contributed by atoms with Crippen LogP contribution in [-0.2, 0) is 16.1 Å². The number of piperidine rings is 1. The van der Waals surface area contributed by atoms with E-state index in [1.807, 2.05) is 23.1 Å². The molecular weight excluding hydrogens is 350 g/mol. The Hall–Kier alpha value is -1.88. The van der Waals surface area contributed by atoms with Crippen molar-refractivity contribution < 1.29 is 9.59 Å². The standard InChI is InChI=1S/C23H33N3O2/c27-22(18-11-15-26(16-12-18)23(28)19-7-1-2-8-19)24-21-10-4-3-9-20(21)17-25-13-5-6-14-25/h3-4,9-10,18-19H,1-2,5-8,11-17H2,(H,24,27). The number of hydrogen-bond acceptors (Lipinski definition) is 3. The number of benzene rings is 1. The summed E-state index contributed by atoms with van der Waals surface area (Å²) < 4.78 is 0. The van der Waals surface area contributed by atoms with Crippen LogP contribution in [0.2, 0.25) is 0 Å². The smallest absolute Gasteiger partial charge is 0.227 e. The van der Waals surface area contributed by atoms with Gasteiger partial charge in [-0.15, -0.1) is 0 Å². The van der Waals surface area contributed by atoms with Crippen LogP contribution in [0.25, 0.3) is 0 Å². The predicted molar refractivity (Wildman–Crippen MR) is 111 cm³/mol. The van der Waals surface area contributed by atoms with Crippen molar-refractivity contribution in [2.24, 2.45) is 11.8 Å². The van der Waals surface area contributed by atoms with Crippen LogP contribution < -0.4 is 5.32 Å². The highest BCUT2D eigenvalue weighted by molar-refractivity contribution is 5.93. The average Bonchev–Trinajstić information content (AvgIpc) is 3.43. The Kier molecular flexibility index (Phi) is 6.30. The van der Waals surface area contributed by atoms with Crippen LogP contribution in [0.3, 0.4) is 0 Å². The third kappa shape index (κ3) is 4.57. The minimum atomic E-state index is 0.00692. The van der Waals surface area contributed by atoms with E-state index in [-0.39, 0.29) is 17.7 Å². The first-order valence-corrected chi connectivity index (χ1v) is 11.1. The van der Waals surface area contributed by atoms with E-state index in [1.54, 1.807) is 0 Å². The number of likely N-dealkylation sites (tertiary alicyclic amines) is 2. The summed E-state index contributed by atoms with van der Waals surface area (Å²) in [6.07, 6.45) is 8.56. The number of hydrogen-bond donors (Lipinski definition) is 1. The summed E-state index contributed by atoms with van der Waals surface area (Å²) in [6.45, 7) is 4.65. The fraction of sp³-hybridized carbons (Fsp3) is 0.652. The Balaban J connectivity index is 1.30. The number of carbonyl (C=O) groups excluding carboxylic acids is 2. The fourth-order valence-electron chi connectivity index (χ4n) is 4.99. The van der Waals surface area contributed by atoms with E-state index in [0.29, 0.717) is 5.91 Å². The van der Waals surface area contributed by atoms with E-state index in [2.05, 4.69) is 16.3 Å². The lowest BCUT2D eigenvalue weighted by Gasteiger charge is -2.33. The van der Waals surface area contributed by atoms with Crippen molar-refractivity contribution in [3.05, 3.63) is 29.8 Å². The van der Waals surface area contributed by atoms with Crippen molar-refractivity contribution in [2.75, 3.05) is 31.5 Å². The molecule has 4 rings (SSSR count). The lowest BCUT2D eigenvalue weighted by Crippen LogP contribution is -2.43. The van der Waals surface area contributed by atoms with Crippen LogP contribution in [0, 0.1) is 11.8 Å². The van der Waals surface area contributed by atoms with E-state index in [1.165, 1.54) is 31.2 Å². The topological polar surface area (TPSA) is 52.7 Å². The van der Waals surface area contributed by atoms with Crippen LogP contribution >= 0.6 is 0 Å². The van der Waals surface area contributed by atoms with E-state index >= 15 is 0 Å². The quantitative estimate of drug-likeness (QED) is 0.844. The molecule has 0 bridgehead atoms. The summed E-state index contributed by atoms with van der Waals surface area (Å²) in [4.78, 5) is 29.9. The summed E-state index contributed by atoms with van der Waals surface area (Å²) in [5.41, 5.74) is 2.15.